The van der Waals surface area contributed by atoms with Crippen molar-refractivity contribution in [2.24, 2.45) is 17.4 Å². The van der Waals surface area contributed by atoms with Crippen LogP contribution in [0.1, 0.15) is 80.6 Å². The molecule has 388 valence electrons. The molecule has 0 saturated heterocycles. The van der Waals surface area contributed by atoms with Gasteiger partial charge in [-0.1, -0.05) is 192 Å². The zero-order chi connectivity index (χ0) is 51.3. The van der Waals surface area contributed by atoms with Crippen LogP contribution in [0.5, 0.6) is 11.5 Å². The summed E-state index contributed by atoms with van der Waals surface area (Å²) < 4.78 is 10.5. The average Bonchev–Trinajstić information content (AvgIpc) is 3.31. The quantitative estimate of drug-likeness (QED) is 0.0981. The van der Waals surface area contributed by atoms with Gasteiger partial charge in [0.05, 0.1) is 19.8 Å². The van der Waals surface area contributed by atoms with E-state index in [1.165, 1.54) is 98.6 Å². The first-order valence-corrected chi connectivity index (χ1v) is 27.5. The van der Waals surface area contributed by atoms with Crippen molar-refractivity contribution < 1.29 is 53.8 Å². The Morgan fingerprint density at radius 3 is 0.892 bits per heavy atom. The van der Waals surface area contributed by atoms with Gasteiger partial charge in [0.2, 0.25) is 0 Å². The molecular weight excluding hydrogens is 1070 g/mol. The predicted octanol–water partition coefficient (Wildman–Crippen LogP) is 6.85. The Hall–Kier alpha value is -4.66. The van der Waals surface area contributed by atoms with E-state index in [9.17, 15) is 0 Å². The van der Waals surface area contributed by atoms with E-state index in [0.717, 1.165) is 22.6 Å². The molecule has 0 amide bonds. The molecule has 0 aliphatic rings. The molecule has 0 radical (unpaired) electrons. The Morgan fingerprint density at radius 2 is 0.662 bits per heavy atom. The molecule has 0 saturated carbocycles. The second kappa shape index (κ2) is 26.9. The van der Waals surface area contributed by atoms with Gasteiger partial charge in [0.15, 0.2) is 0 Å². The number of methoxy groups -OCH3 is 2. The van der Waals surface area contributed by atoms with Crippen molar-refractivity contribution in [2.45, 2.75) is 94.7 Å². The zero-order valence-electron chi connectivity index (χ0n) is 45.6. The Morgan fingerprint density at radius 1 is 0.405 bits per heavy atom. The molecule has 0 heterocycles. The first kappa shape index (κ1) is 61.9. The predicted molar refractivity (Wildman–Crippen MR) is 310 cm³/mol. The number of rotatable bonds is 13. The topological polar surface area (TPSA) is 70.5 Å². The van der Waals surface area contributed by atoms with E-state index < -0.39 is 21.4 Å². The second-order valence-corrected chi connectivity index (χ2v) is 24.5. The molecule has 0 bridgehead atoms. The number of hydrogen-bond acceptors (Lipinski definition) is 4. The number of hydrogen-bond donors (Lipinski definition) is 2. The van der Waals surface area contributed by atoms with Crippen LogP contribution in [0.3, 0.4) is 0 Å². The first-order valence-electron chi connectivity index (χ1n) is 24.8. The molecule has 0 aliphatic heterocycles. The van der Waals surface area contributed by atoms with Gasteiger partial charge in [-0.3, -0.25) is 0 Å². The van der Waals surface area contributed by atoms with Crippen LogP contribution in [-0.2, 0) is 25.0 Å². The Kier molecular flexibility index (Phi) is 22.5. The van der Waals surface area contributed by atoms with Crippen molar-refractivity contribution in [3.63, 3.8) is 0 Å². The number of benzene rings is 8. The van der Waals surface area contributed by atoms with Gasteiger partial charge in [-0.05, 0) is 180 Å². The van der Waals surface area contributed by atoms with Crippen LogP contribution >= 0.6 is 15.8 Å². The van der Waals surface area contributed by atoms with Crippen LogP contribution in [0.15, 0.2) is 158 Å². The maximum absolute atomic E-state index is 6.86. The Bertz CT molecular complexity index is 2770. The Balaban J connectivity index is 0.000000386. The molecule has 9 heteroatoms. The normalized spacial score (nSPS) is 11.5. The summed E-state index contributed by atoms with van der Waals surface area (Å²) in [6.07, 6.45) is 0. The monoisotopic (exact) mass is 1150 g/mol. The van der Waals surface area contributed by atoms with E-state index >= 15 is 0 Å². The van der Waals surface area contributed by atoms with Gasteiger partial charge in [-0.25, -0.2) is 0 Å². The van der Waals surface area contributed by atoms with Crippen LogP contribution in [0.25, 0.3) is 11.1 Å². The molecular formula is C65H74Cl2N2O2P2Ru. The summed E-state index contributed by atoms with van der Waals surface area (Å²) in [5, 5.41) is 8.54. The van der Waals surface area contributed by atoms with Crippen LogP contribution in [0, 0.1) is 75.2 Å². The van der Waals surface area contributed by atoms with Gasteiger partial charge in [0.25, 0.3) is 0 Å². The van der Waals surface area contributed by atoms with Crippen LogP contribution in [0.2, 0.25) is 0 Å². The second-order valence-electron chi connectivity index (χ2n) is 20.1. The van der Waals surface area contributed by atoms with Gasteiger partial charge in [0.1, 0.15) is 11.5 Å². The molecule has 1 atom stereocenters. The molecule has 74 heavy (non-hydrogen) atoms. The van der Waals surface area contributed by atoms with E-state index in [1.54, 1.807) is 14.2 Å². The first-order chi connectivity index (χ1) is 33.8. The summed E-state index contributed by atoms with van der Waals surface area (Å²) in [6.45, 7) is 26.7. The summed E-state index contributed by atoms with van der Waals surface area (Å²) in [5.41, 5.74) is 30.5. The van der Waals surface area contributed by atoms with Crippen molar-refractivity contribution >= 4 is 47.7 Å². The van der Waals surface area contributed by atoms with Crippen LogP contribution < -0.4 is 77.6 Å². The SMILES string of the molecule is COc1ccc(C(N)(c2ccc(OC)cc2)C(N)C(C)C)cc1.Cc1cc(C)cc(P(c2cc(C)cc(C)c2)c2cccc(C)c2-c2c(C)cccc2P(c2cc(C)cc(C)c2)c2cc(C)cc(C)c2)c1.[Cl-].[Cl-].[Ru+2]. The van der Waals surface area contributed by atoms with Gasteiger partial charge >= 0.3 is 19.5 Å². The third kappa shape index (κ3) is 14.0. The smallest absolute Gasteiger partial charge is 1.00 e. The molecule has 8 rings (SSSR count). The minimum absolute atomic E-state index is 0. The van der Waals surface area contributed by atoms with E-state index in [1.807, 2.05) is 48.5 Å². The van der Waals surface area contributed by atoms with Gasteiger partial charge in [-0.15, -0.1) is 0 Å². The summed E-state index contributed by atoms with van der Waals surface area (Å²) >= 11 is 0. The van der Waals surface area contributed by atoms with Crippen molar-refractivity contribution in [1.82, 2.24) is 0 Å². The molecule has 1 unspecified atom stereocenters. The summed E-state index contributed by atoms with van der Waals surface area (Å²) in [7, 11) is 1.62. The molecule has 8 aromatic carbocycles. The maximum atomic E-state index is 6.86. The van der Waals surface area contributed by atoms with Crippen molar-refractivity contribution in [2.75, 3.05) is 14.2 Å². The maximum Gasteiger partial charge on any atom is 2.00 e. The van der Waals surface area contributed by atoms with E-state index in [4.69, 9.17) is 20.9 Å². The Labute approximate surface area is 471 Å². The van der Waals surface area contributed by atoms with Crippen LogP contribution in [0.4, 0.5) is 0 Å². The molecule has 8 aromatic rings. The fourth-order valence-corrected chi connectivity index (χ4v) is 16.2. The minimum atomic E-state index is -0.837. The minimum Gasteiger partial charge on any atom is -1.00 e. The van der Waals surface area contributed by atoms with Gasteiger partial charge < -0.3 is 45.8 Å². The number of nitrogens with two attached hydrogens (primary N) is 2. The number of ether oxygens (including phenoxy) is 2. The van der Waals surface area contributed by atoms with Crippen molar-refractivity contribution in [1.29, 1.82) is 0 Å². The molecule has 4 N–H and O–H groups in total. The fraction of sp³-hybridized carbons (Fsp3) is 0.262. The fourth-order valence-electron chi connectivity index (χ4n) is 10.3. The third-order valence-electron chi connectivity index (χ3n) is 13.5. The van der Waals surface area contributed by atoms with Crippen molar-refractivity contribution in [3.05, 3.63) is 224 Å². The summed E-state index contributed by atoms with van der Waals surface area (Å²) in [6, 6.07) is 58.0. The average molecular weight is 1150 g/mol. The molecule has 0 aromatic heterocycles. The number of halogens is 2. The summed E-state index contributed by atoms with van der Waals surface area (Å²) in [5.74, 6) is 1.82. The molecule has 0 fully saturated rings. The molecule has 0 spiro atoms. The van der Waals surface area contributed by atoms with E-state index in [0.29, 0.717) is 0 Å². The van der Waals surface area contributed by atoms with Crippen molar-refractivity contribution in [3.8, 4) is 22.6 Å². The third-order valence-corrected chi connectivity index (χ3v) is 18.3. The zero-order valence-corrected chi connectivity index (χ0v) is 50.7. The van der Waals surface area contributed by atoms with E-state index in [-0.39, 0.29) is 56.3 Å². The number of aryl methyl sites for hydroxylation is 10. The largest absolute Gasteiger partial charge is 2.00 e. The van der Waals surface area contributed by atoms with Crippen LogP contribution in [-0.4, -0.2) is 20.3 Å². The molecule has 4 nitrogen and oxygen atoms in total. The standard InChI is InChI=1S/C46H48P2.C19H26N2O2.2ClH.Ru/c1-29-17-30(2)22-39(21-29)47(40-23-31(3)18-32(4)24-40)43-15-11-13-37(9)45(43)46-38(10)14-12-16-44(46)48(41-25-33(5)19-34(6)26-41)42-27-35(7)20-36(8)28-42;1-13(2)18(20)19(21,14-5-9-16(22-3)10-6-14)15-7-11-17(23-4)12-8-15;;;/h11-28H,1-10H3;5-13,18H,20-21H2,1-4H3;2*1H;/q;;;;+2/p-2. The van der Waals surface area contributed by atoms with E-state index in [2.05, 4.69) is 192 Å². The molecule has 0 aliphatic carbocycles. The van der Waals surface area contributed by atoms with Gasteiger partial charge in [0, 0.05) is 6.04 Å². The van der Waals surface area contributed by atoms with Gasteiger partial charge in [-0.2, -0.15) is 0 Å². The summed E-state index contributed by atoms with van der Waals surface area (Å²) in [4.78, 5) is 0.